The van der Waals surface area contributed by atoms with Crippen LogP contribution in [-0.2, 0) is 20.3 Å². The van der Waals surface area contributed by atoms with Crippen LogP contribution in [0.5, 0.6) is 0 Å². The zero-order valence-electron chi connectivity index (χ0n) is 15.1. The summed E-state index contributed by atoms with van der Waals surface area (Å²) < 4.78 is 40.9. The summed E-state index contributed by atoms with van der Waals surface area (Å²) in [5.74, 6) is -1.31. The first-order valence-electron chi connectivity index (χ1n) is 8.08. The van der Waals surface area contributed by atoms with Crippen LogP contribution in [0, 0.1) is 0 Å². The van der Waals surface area contributed by atoms with Gasteiger partial charge < -0.3 is 10.6 Å². The van der Waals surface area contributed by atoms with Crippen LogP contribution in [0.4, 0.5) is 24.5 Å². The third-order valence-corrected chi connectivity index (χ3v) is 4.18. The van der Waals surface area contributed by atoms with Crippen molar-refractivity contribution in [3.8, 4) is 0 Å². The highest BCUT2D eigenvalue weighted by Gasteiger charge is 2.40. The number of halogens is 4. The van der Waals surface area contributed by atoms with Gasteiger partial charge in [-0.3, -0.25) is 19.0 Å². The Morgan fingerprint density at radius 2 is 1.52 bits per heavy atom. The number of benzene rings is 1. The first kappa shape index (κ1) is 20.4. The van der Waals surface area contributed by atoms with E-state index in [4.69, 9.17) is 11.6 Å². The first-order valence-corrected chi connectivity index (χ1v) is 8.46. The summed E-state index contributed by atoms with van der Waals surface area (Å²) >= 11 is 5.70. The quantitative estimate of drug-likeness (QED) is 0.669. The van der Waals surface area contributed by atoms with Crippen LogP contribution in [0.15, 0.2) is 36.5 Å². The molecule has 3 rings (SSSR count). The lowest BCUT2D eigenvalue weighted by Gasteiger charge is -2.07. The summed E-state index contributed by atoms with van der Waals surface area (Å²) in [7, 11) is 2.73. The third kappa shape index (κ3) is 4.40. The minimum Gasteiger partial charge on any atom is -0.321 e. The lowest BCUT2D eigenvalue weighted by molar-refractivity contribution is -0.143. The van der Waals surface area contributed by atoms with Gasteiger partial charge in [-0.1, -0.05) is 11.6 Å². The van der Waals surface area contributed by atoms with Crippen molar-refractivity contribution in [3.63, 3.8) is 0 Å². The summed E-state index contributed by atoms with van der Waals surface area (Å²) in [6, 6.07) is 7.51. The number of aryl methyl sites for hydroxylation is 2. The Balaban J connectivity index is 1.70. The van der Waals surface area contributed by atoms with Crippen LogP contribution in [-0.4, -0.2) is 31.4 Å². The minimum absolute atomic E-state index is 0.232. The van der Waals surface area contributed by atoms with Gasteiger partial charge in [0.05, 0.1) is 0 Å². The van der Waals surface area contributed by atoms with Crippen molar-refractivity contribution < 1.29 is 22.8 Å². The summed E-state index contributed by atoms with van der Waals surface area (Å²) in [5.41, 5.74) is -0.809. The number of hydrogen-bond acceptors (Lipinski definition) is 4. The molecule has 3 aromatic rings. The zero-order chi connectivity index (χ0) is 21.3. The fraction of sp³-hybridized carbons (Fsp3) is 0.176. The monoisotopic (exact) mass is 426 g/mol. The van der Waals surface area contributed by atoms with Gasteiger partial charge in [0.1, 0.15) is 5.02 Å². The highest BCUT2D eigenvalue weighted by atomic mass is 35.5. The summed E-state index contributed by atoms with van der Waals surface area (Å²) in [4.78, 5) is 24.3. The molecular weight excluding hydrogens is 413 g/mol. The van der Waals surface area contributed by atoms with Crippen LogP contribution in [0.3, 0.4) is 0 Å². The molecule has 0 atom stereocenters. The molecule has 0 aliphatic rings. The van der Waals surface area contributed by atoms with Crippen LogP contribution in [0.25, 0.3) is 0 Å². The number of anilines is 2. The molecule has 2 amide bonds. The number of carbonyl (C=O) groups is 2. The number of amides is 2. The van der Waals surface area contributed by atoms with E-state index >= 15 is 0 Å². The van der Waals surface area contributed by atoms with Crippen molar-refractivity contribution in [1.29, 1.82) is 0 Å². The Hall–Kier alpha value is -3.34. The average Bonchev–Trinajstić information content (AvgIpc) is 3.19. The van der Waals surface area contributed by atoms with Gasteiger partial charge in [-0.15, -0.1) is 0 Å². The second-order valence-electron chi connectivity index (χ2n) is 5.99. The lowest BCUT2D eigenvalue weighted by Crippen LogP contribution is -2.14. The normalized spacial score (nSPS) is 11.4. The molecule has 0 unspecified atom stereocenters. The van der Waals surface area contributed by atoms with Gasteiger partial charge in [-0.25, -0.2) is 0 Å². The van der Waals surface area contributed by atoms with Crippen molar-refractivity contribution in [3.05, 3.63) is 58.6 Å². The van der Waals surface area contributed by atoms with E-state index in [9.17, 15) is 22.8 Å². The maximum atomic E-state index is 13.0. The number of nitrogens with one attached hydrogen (secondary N) is 2. The third-order valence-electron chi connectivity index (χ3n) is 3.82. The molecule has 12 heteroatoms. The number of rotatable bonds is 4. The summed E-state index contributed by atoms with van der Waals surface area (Å²) in [6.45, 7) is 0. The molecule has 0 aliphatic heterocycles. The molecule has 0 aliphatic carbocycles. The van der Waals surface area contributed by atoms with E-state index in [0.29, 0.717) is 10.4 Å². The molecule has 8 nitrogen and oxygen atoms in total. The largest absolute Gasteiger partial charge is 0.434 e. The van der Waals surface area contributed by atoms with Gasteiger partial charge in [0.2, 0.25) is 0 Å². The predicted molar refractivity (Wildman–Crippen MR) is 98.8 cm³/mol. The molecule has 0 spiro atoms. The molecular formula is C17H14ClF3N6O2. The fourth-order valence-electron chi connectivity index (χ4n) is 2.51. The number of hydrogen-bond donors (Lipinski definition) is 2. The van der Waals surface area contributed by atoms with Gasteiger partial charge >= 0.3 is 6.18 Å². The number of carbonyl (C=O) groups excluding carboxylic acids is 2. The number of alkyl halides is 3. The Morgan fingerprint density at radius 1 is 0.966 bits per heavy atom. The van der Waals surface area contributed by atoms with E-state index in [0.717, 1.165) is 7.05 Å². The molecule has 2 N–H and O–H groups in total. The Morgan fingerprint density at radius 3 is 1.97 bits per heavy atom. The van der Waals surface area contributed by atoms with E-state index < -0.39 is 34.4 Å². The first-order chi connectivity index (χ1) is 13.6. The minimum atomic E-state index is -4.75. The van der Waals surface area contributed by atoms with E-state index in [-0.39, 0.29) is 11.4 Å². The van der Waals surface area contributed by atoms with Gasteiger partial charge in [0, 0.05) is 31.7 Å². The maximum Gasteiger partial charge on any atom is 0.434 e. The predicted octanol–water partition coefficient (Wildman–Crippen LogP) is 3.33. The fourth-order valence-corrected chi connectivity index (χ4v) is 2.86. The van der Waals surface area contributed by atoms with Crippen LogP contribution in [0.1, 0.15) is 26.7 Å². The summed E-state index contributed by atoms with van der Waals surface area (Å²) in [6.07, 6.45) is -3.12. The van der Waals surface area contributed by atoms with E-state index in [1.807, 2.05) is 0 Å². The lowest BCUT2D eigenvalue weighted by atomic mass is 10.2. The van der Waals surface area contributed by atoms with Crippen LogP contribution < -0.4 is 10.6 Å². The second-order valence-corrected chi connectivity index (χ2v) is 6.37. The van der Waals surface area contributed by atoms with E-state index in [2.05, 4.69) is 20.8 Å². The van der Waals surface area contributed by atoms with Crippen molar-refractivity contribution in [2.45, 2.75) is 6.18 Å². The van der Waals surface area contributed by atoms with Crippen molar-refractivity contribution in [1.82, 2.24) is 19.6 Å². The SMILES string of the molecule is Cn1ccc(C(=O)Nc2ccc(NC(=O)c3nn(C)c(C(F)(F)F)c3Cl)cc2)n1. The Bertz CT molecular complexity index is 1070. The maximum absolute atomic E-state index is 13.0. The van der Waals surface area contributed by atoms with E-state index in [1.54, 1.807) is 19.3 Å². The molecule has 0 bridgehead atoms. The van der Waals surface area contributed by atoms with Crippen LogP contribution in [0.2, 0.25) is 5.02 Å². The highest BCUT2D eigenvalue weighted by molar-refractivity contribution is 6.34. The molecule has 0 radical (unpaired) electrons. The smallest absolute Gasteiger partial charge is 0.321 e. The summed E-state index contributed by atoms with van der Waals surface area (Å²) in [5, 5.41) is 11.8. The van der Waals surface area contributed by atoms with Gasteiger partial charge in [-0.2, -0.15) is 23.4 Å². The molecule has 2 heterocycles. The molecule has 1 aromatic carbocycles. The topological polar surface area (TPSA) is 93.8 Å². The molecule has 0 saturated heterocycles. The Kier molecular flexibility index (Phi) is 5.33. The Labute approximate surface area is 167 Å². The van der Waals surface area contributed by atoms with Crippen molar-refractivity contribution >= 4 is 34.8 Å². The molecule has 152 valence electrons. The zero-order valence-corrected chi connectivity index (χ0v) is 15.8. The second kappa shape index (κ2) is 7.59. The van der Waals surface area contributed by atoms with Gasteiger partial charge in [-0.05, 0) is 30.3 Å². The molecule has 0 saturated carbocycles. The van der Waals surface area contributed by atoms with Gasteiger partial charge in [0.15, 0.2) is 17.1 Å². The standard InChI is InChI=1S/C17H14ClF3N6O2/c1-26-8-7-11(24-26)15(28)22-9-3-5-10(6-4-9)23-16(29)13-12(18)14(17(19,20)21)27(2)25-13/h3-8H,1-2H3,(H,22,28)(H,23,29). The van der Waals surface area contributed by atoms with Crippen LogP contribution >= 0.6 is 11.6 Å². The highest BCUT2D eigenvalue weighted by Crippen LogP contribution is 2.36. The average molecular weight is 427 g/mol. The number of aromatic nitrogens is 4. The van der Waals surface area contributed by atoms with Gasteiger partial charge in [0.25, 0.3) is 11.8 Å². The van der Waals surface area contributed by atoms with E-state index in [1.165, 1.54) is 28.9 Å². The molecule has 2 aromatic heterocycles. The van der Waals surface area contributed by atoms with Crippen molar-refractivity contribution in [2.24, 2.45) is 14.1 Å². The molecule has 29 heavy (non-hydrogen) atoms. The molecule has 0 fully saturated rings. The van der Waals surface area contributed by atoms with Crippen molar-refractivity contribution in [2.75, 3.05) is 10.6 Å². The number of nitrogens with zero attached hydrogens (tertiary/aromatic N) is 4.